The number of anilines is 4. The Bertz CT molecular complexity index is 2210. The van der Waals surface area contributed by atoms with E-state index >= 15 is 0 Å². The van der Waals surface area contributed by atoms with Crippen LogP contribution in [0.25, 0.3) is 11.1 Å². The van der Waals surface area contributed by atoms with E-state index in [0.717, 1.165) is 50.4 Å². The molecule has 248 valence electrons. The third-order valence-corrected chi connectivity index (χ3v) is 11.3. The Morgan fingerprint density at radius 3 is 1.64 bits per heavy atom. The summed E-state index contributed by atoms with van der Waals surface area (Å²) >= 11 is 0. The zero-order chi connectivity index (χ0) is 34.0. The Morgan fingerprint density at radius 2 is 1.10 bits per heavy atom. The zero-order valence-corrected chi connectivity index (χ0v) is 29.6. The van der Waals surface area contributed by atoms with Crippen molar-refractivity contribution in [2.75, 3.05) is 22.9 Å². The molecule has 0 atom stereocenters. The number of nitrogens with zero attached hydrogens (tertiary/aromatic N) is 4. The molecule has 4 heterocycles. The van der Waals surface area contributed by atoms with E-state index in [1.165, 1.54) is 67.0 Å². The Labute approximate surface area is 296 Å². The summed E-state index contributed by atoms with van der Waals surface area (Å²) < 4.78 is 0. The number of aromatic nitrogens is 2. The molecule has 0 fully saturated rings. The SMILES string of the molecule is Cc1ccnc(N2CCCc3ccc(C4(c5ccc6c(c5)N(c5cc(C(C)(C)C)ccn5)CCC6)c5ccccc5-c5ccccc54)cc32)c1. The lowest BCUT2D eigenvalue weighted by molar-refractivity contribution is 0.589. The first-order valence-corrected chi connectivity index (χ1v) is 18.2. The molecule has 6 aromatic rings. The lowest BCUT2D eigenvalue weighted by Crippen LogP contribution is -2.32. The first-order chi connectivity index (χ1) is 24.3. The molecule has 0 saturated carbocycles. The first-order valence-electron chi connectivity index (χ1n) is 18.2. The molecule has 0 bridgehead atoms. The molecule has 50 heavy (non-hydrogen) atoms. The van der Waals surface area contributed by atoms with Gasteiger partial charge in [0.15, 0.2) is 0 Å². The van der Waals surface area contributed by atoms with E-state index in [2.05, 4.69) is 147 Å². The highest BCUT2D eigenvalue weighted by molar-refractivity contribution is 5.87. The normalized spacial score (nSPS) is 16.0. The largest absolute Gasteiger partial charge is 0.326 e. The van der Waals surface area contributed by atoms with Gasteiger partial charge in [-0.1, -0.05) is 93.6 Å². The van der Waals surface area contributed by atoms with Gasteiger partial charge < -0.3 is 9.80 Å². The average Bonchev–Trinajstić information content (AvgIpc) is 3.45. The topological polar surface area (TPSA) is 32.3 Å². The summed E-state index contributed by atoms with van der Waals surface area (Å²) in [5.41, 5.74) is 15.3. The predicted molar refractivity (Wildman–Crippen MR) is 206 cm³/mol. The molecule has 0 spiro atoms. The van der Waals surface area contributed by atoms with Crippen LogP contribution in [0.5, 0.6) is 0 Å². The maximum absolute atomic E-state index is 4.96. The molecule has 0 radical (unpaired) electrons. The van der Waals surface area contributed by atoms with Crippen molar-refractivity contribution in [2.24, 2.45) is 0 Å². The minimum absolute atomic E-state index is 0.0494. The maximum Gasteiger partial charge on any atom is 0.133 e. The molecule has 3 aliphatic rings. The van der Waals surface area contributed by atoms with Crippen molar-refractivity contribution >= 4 is 23.0 Å². The predicted octanol–water partition coefficient (Wildman–Crippen LogP) is 10.6. The van der Waals surface area contributed by atoms with Gasteiger partial charge >= 0.3 is 0 Å². The smallest absolute Gasteiger partial charge is 0.133 e. The molecule has 4 heteroatoms. The molecule has 0 amide bonds. The highest BCUT2D eigenvalue weighted by atomic mass is 15.2. The number of hydrogen-bond donors (Lipinski definition) is 0. The molecule has 4 aromatic carbocycles. The van der Waals surface area contributed by atoms with Crippen molar-refractivity contribution in [3.8, 4) is 11.1 Å². The van der Waals surface area contributed by atoms with Crippen LogP contribution in [0.4, 0.5) is 23.0 Å². The van der Waals surface area contributed by atoms with Crippen molar-refractivity contribution in [3.05, 3.63) is 166 Å². The van der Waals surface area contributed by atoms with Crippen LogP contribution in [-0.4, -0.2) is 23.1 Å². The summed E-state index contributed by atoms with van der Waals surface area (Å²) in [5, 5.41) is 0. The van der Waals surface area contributed by atoms with Crippen LogP contribution in [0.15, 0.2) is 122 Å². The molecule has 9 rings (SSSR count). The number of hydrogen-bond acceptors (Lipinski definition) is 4. The third-order valence-electron chi connectivity index (χ3n) is 11.3. The molecule has 1 aliphatic carbocycles. The maximum atomic E-state index is 4.96. The van der Waals surface area contributed by atoms with Gasteiger partial charge in [-0.2, -0.15) is 0 Å². The summed E-state index contributed by atoms with van der Waals surface area (Å²) in [5.74, 6) is 2.06. The molecule has 0 unspecified atom stereocenters. The van der Waals surface area contributed by atoms with E-state index in [9.17, 15) is 0 Å². The number of rotatable bonds is 4. The van der Waals surface area contributed by atoms with E-state index in [0.29, 0.717) is 0 Å². The zero-order valence-electron chi connectivity index (χ0n) is 29.6. The summed E-state index contributed by atoms with van der Waals surface area (Å²) in [6.07, 6.45) is 8.30. The third kappa shape index (κ3) is 4.80. The van der Waals surface area contributed by atoms with Crippen molar-refractivity contribution in [1.29, 1.82) is 0 Å². The van der Waals surface area contributed by atoms with E-state index in [-0.39, 0.29) is 5.41 Å². The fourth-order valence-corrected chi connectivity index (χ4v) is 8.82. The summed E-state index contributed by atoms with van der Waals surface area (Å²) in [6.45, 7) is 10.9. The molecule has 0 N–H and O–H groups in total. The van der Waals surface area contributed by atoms with Crippen LogP contribution in [0.1, 0.15) is 78.1 Å². The minimum atomic E-state index is -0.496. The Morgan fingerprint density at radius 1 is 0.580 bits per heavy atom. The van der Waals surface area contributed by atoms with Crippen LogP contribution in [0.3, 0.4) is 0 Å². The van der Waals surface area contributed by atoms with Crippen LogP contribution in [0.2, 0.25) is 0 Å². The summed E-state index contributed by atoms with van der Waals surface area (Å²) in [6, 6.07) is 41.5. The van der Waals surface area contributed by atoms with Gasteiger partial charge in [0, 0.05) is 36.9 Å². The number of pyridine rings is 2. The van der Waals surface area contributed by atoms with E-state index in [4.69, 9.17) is 9.97 Å². The second kappa shape index (κ2) is 11.7. The van der Waals surface area contributed by atoms with Crippen LogP contribution in [0, 0.1) is 6.92 Å². The van der Waals surface area contributed by atoms with Gasteiger partial charge in [-0.3, -0.25) is 0 Å². The molecular formula is C46H44N4. The van der Waals surface area contributed by atoms with Crippen molar-refractivity contribution in [1.82, 2.24) is 9.97 Å². The van der Waals surface area contributed by atoms with Crippen molar-refractivity contribution in [2.45, 2.75) is 64.2 Å². The quantitative estimate of drug-likeness (QED) is 0.189. The summed E-state index contributed by atoms with van der Waals surface area (Å²) in [4.78, 5) is 14.7. The van der Waals surface area contributed by atoms with Gasteiger partial charge in [0.2, 0.25) is 0 Å². The van der Waals surface area contributed by atoms with Gasteiger partial charge in [-0.15, -0.1) is 0 Å². The Hall–Kier alpha value is -5.22. The average molecular weight is 653 g/mol. The standard InChI is InChI=1S/C46H44N4/c1-31-21-23-47-43(27-31)49-25-9-11-32-17-19-35(28-41(32)49)46(39-15-7-5-13-37(39)38-14-6-8-16-40(38)46)36-20-18-33-12-10-26-50(42(33)29-36)44-30-34(22-24-48-44)45(2,3)4/h5-8,13-24,27-30H,9-12,25-26H2,1-4H3. The number of aryl methyl sites for hydroxylation is 3. The second-order valence-electron chi connectivity index (χ2n) is 15.4. The molecule has 2 aromatic heterocycles. The first kappa shape index (κ1) is 30.8. The van der Waals surface area contributed by atoms with Crippen LogP contribution < -0.4 is 9.80 Å². The number of fused-ring (bicyclic) bond motifs is 5. The van der Waals surface area contributed by atoms with Gasteiger partial charge in [0.1, 0.15) is 11.6 Å². The molecular weight excluding hydrogens is 609 g/mol. The minimum Gasteiger partial charge on any atom is -0.326 e. The van der Waals surface area contributed by atoms with Gasteiger partial charge in [0.25, 0.3) is 0 Å². The van der Waals surface area contributed by atoms with Crippen LogP contribution in [-0.2, 0) is 23.7 Å². The molecule has 2 aliphatic heterocycles. The van der Waals surface area contributed by atoms with Gasteiger partial charge in [-0.05, 0) is 130 Å². The van der Waals surface area contributed by atoms with Gasteiger partial charge in [0.05, 0.1) is 5.41 Å². The second-order valence-corrected chi connectivity index (χ2v) is 15.4. The monoisotopic (exact) mass is 652 g/mol. The van der Waals surface area contributed by atoms with Crippen LogP contribution >= 0.6 is 0 Å². The van der Waals surface area contributed by atoms with E-state index < -0.39 is 5.41 Å². The number of benzene rings is 4. The fraction of sp³-hybridized carbons (Fsp3) is 0.261. The highest BCUT2D eigenvalue weighted by Gasteiger charge is 2.47. The Balaban J connectivity index is 1.29. The van der Waals surface area contributed by atoms with E-state index in [1.54, 1.807) is 0 Å². The fourth-order valence-electron chi connectivity index (χ4n) is 8.82. The Kier molecular flexibility index (Phi) is 7.20. The lowest BCUT2D eigenvalue weighted by Gasteiger charge is -2.38. The lowest BCUT2D eigenvalue weighted by atomic mass is 9.67. The van der Waals surface area contributed by atoms with Gasteiger partial charge in [-0.25, -0.2) is 9.97 Å². The molecule has 4 nitrogen and oxygen atoms in total. The highest BCUT2D eigenvalue weighted by Crippen LogP contribution is 2.57. The van der Waals surface area contributed by atoms with Crippen molar-refractivity contribution < 1.29 is 0 Å². The molecule has 0 saturated heterocycles. The summed E-state index contributed by atoms with van der Waals surface area (Å²) in [7, 11) is 0. The van der Waals surface area contributed by atoms with E-state index in [1.807, 2.05) is 12.4 Å². The van der Waals surface area contributed by atoms with Crippen molar-refractivity contribution in [3.63, 3.8) is 0 Å².